The van der Waals surface area contributed by atoms with Crippen molar-refractivity contribution in [3.8, 4) is 0 Å². The normalized spacial score (nSPS) is 23.5. The zero-order valence-electron chi connectivity index (χ0n) is 12.8. The summed E-state index contributed by atoms with van der Waals surface area (Å²) in [6.07, 6.45) is 1.11. The molecule has 0 spiro atoms. The van der Waals surface area contributed by atoms with Gasteiger partial charge in [0.05, 0.1) is 5.56 Å². The van der Waals surface area contributed by atoms with E-state index in [0.717, 1.165) is 31.4 Å². The summed E-state index contributed by atoms with van der Waals surface area (Å²) in [5.41, 5.74) is 0.463. The Morgan fingerprint density at radius 1 is 1.14 bits per heavy atom. The molecule has 21 heavy (non-hydrogen) atoms. The van der Waals surface area contributed by atoms with Crippen LogP contribution in [0.2, 0.25) is 0 Å². The Balaban J connectivity index is 2.13. The van der Waals surface area contributed by atoms with Gasteiger partial charge in [0.15, 0.2) is 0 Å². The molecule has 1 aliphatic heterocycles. The Hall–Kier alpha value is -1.03. The molecule has 118 valence electrons. The fraction of sp³-hybridized carbons (Fsp3) is 0.647. The SMILES string of the molecule is CC(C)CC1(Cc2ccc(C(F)(F)F)cc2)CCCCN1. The molecule has 1 aromatic rings. The highest BCUT2D eigenvalue weighted by Gasteiger charge is 2.33. The summed E-state index contributed by atoms with van der Waals surface area (Å²) in [6, 6.07) is 5.64. The summed E-state index contributed by atoms with van der Waals surface area (Å²) in [7, 11) is 0. The van der Waals surface area contributed by atoms with Crippen LogP contribution in [0.25, 0.3) is 0 Å². The highest BCUT2D eigenvalue weighted by atomic mass is 19.4. The van der Waals surface area contributed by atoms with Crippen molar-refractivity contribution < 1.29 is 13.2 Å². The number of benzene rings is 1. The first-order chi connectivity index (χ1) is 9.81. The predicted molar refractivity (Wildman–Crippen MR) is 79.2 cm³/mol. The minimum Gasteiger partial charge on any atom is -0.311 e. The molecular formula is C17H24F3N. The second-order valence-corrected chi connectivity index (χ2v) is 6.63. The van der Waals surface area contributed by atoms with Gasteiger partial charge in [0.25, 0.3) is 0 Å². The molecule has 2 rings (SSSR count). The summed E-state index contributed by atoms with van der Waals surface area (Å²) in [5, 5.41) is 3.64. The Kier molecular flexibility index (Phi) is 4.97. The van der Waals surface area contributed by atoms with Gasteiger partial charge in [0.1, 0.15) is 0 Å². The van der Waals surface area contributed by atoms with Crippen LogP contribution in [-0.2, 0) is 12.6 Å². The number of rotatable bonds is 4. The molecule has 0 radical (unpaired) electrons. The average Bonchev–Trinajstić information content (AvgIpc) is 2.38. The maximum absolute atomic E-state index is 12.6. The third kappa shape index (κ3) is 4.47. The zero-order valence-corrected chi connectivity index (χ0v) is 12.8. The van der Waals surface area contributed by atoms with Crippen LogP contribution in [0.15, 0.2) is 24.3 Å². The minimum atomic E-state index is -4.25. The number of piperidine rings is 1. The molecule has 1 heterocycles. The van der Waals surface area contributed by atoms with Crippen LogP contribution in [0.5, 0.6) is 0 Å². The van der Waals surface area contributed by atoms with Crippen molar-refractivity contribution in [3.05, 3.63) is 35.4 Å². The van der Waals surface area contributed by atoms with E-state index in [1.165, 1.54) is 25.0 Å². The van der Waals surface area contributed by atoms with Crippen LogP contribution in [0.1, 0.15) is 50.7 Å². The molecule has 1 aromatic carbocycles. The minimum absolute atomic E-state index is 0.0478. The lowest BCUT2D eigenvalue weighted by atomic mass is 9.77. The molecule has 1 N–H and O–H groups in total. The number of alkyl halides is 3. The maximum Gasteiger partial charge on any atom is 0.416 e. The fourth-order valence-electron chi connectivity index (χ4n) is 3.41. The van der Waals surface area contributed by atoms with Crippen molar-refractivity contribution in [2.45, 2.75) is 57.7 Å². The average molecular weight is 299 g/mol. The molecule has 0 saturated carbocycles. The number of halogens is 3. The van der Waals surface area contributed by atoms with E-state index in [2.05, 4.69) is 19.2 Å². The highest BCUT2D eigenvalue weighted by molar-refractivity contribution is 5.26. The lowest BCUT2D eigenvalue weighted by molar-refractivity contribution is -0.137. The molecule has 0 amide bonds. The molecule has 4 heteroatoms. The molecule has 1 atom stereocenters. The van der Waals surface area contributed by atoms with E-state index in [0.29, 0.717) is 5.92 Å². The van der Waals surface area contributed by atoms with Crippen LogP contribution in [-0.4, -0.2) is 12.1 Å². The monoisotopic (exact) mass is 299 g/mol. The molecule has 1 unspecified atom stereocenters. The second kappa shape index (κ2) is 6.39. The van der Waals surface area contributed by atoms with Crippen molar-refractivity contribution in [2.24, 2.45) is 5.92 Å². The third-order valence-corrected chi connectivity index (χ3v) is 4.20. The molecule has 1 aliphatic rings. The molecule has 1 saturated heterocycles. The summed E-state index contributed by atoms with van der Waals surface area (Å²) < 4.78 is 37.8. The van der Waals surface area contributed by atoms with Crippen molar-refractivity contribution in [3.63, 3.8) is 0 Å². The van der Waals surface area contributed by atoms with Gasteiger partial charge in [-0.2, -0.15) is 13.2 Å². The number of hydrogen-bond donors (Lipinski definition) is 1. The lowest BCUT2D eigenvalue weighted by Crippen LogP contribution is -2.51. The van der Waals surface area contributed by atoms with Crippen LogP contribution in [0, 0.1) is 5.92 Å². The van der Waals surface area contributed by atoms with Crippen LogP contribution < -0.4 is 5.32 Å². The van der Waals surface area contributed by atoms with Crippen LogP contribution in [0.3, 0.4) is 0 Å². The van der Waals surface area contributed by atoms with Gasteiger partial charge in [0.2, 0.25) is 0 Å². The zero-order chi connectivity index (χ0) is 15.5. The maximum atomic E-state index is 12.6. The summed E-state index contributed by atoms with van der Waals surface area (Å²) in [6.45, 7) is 5.41. The van der Waals surface area contributed by atoms with Gasteiger partial charge in [0, 0.05) is 5.54 Å². The molecule has 0 aliphatic carbocycles. The van der Waals surface area contributed by atoms with Gasteiger partial charge >= 0.3 is 6.18 Å². The first-order valence-corrected chi connectivity index (χ1v) is 7.72. The lowest BCUT2D eigenvalue weighted by Gasteiger charge is -2.40. The van der Waals surface area contributed by atoms with Crippen molar-refractivity contribution in [1.29, 1.82) is 0 Å². The third-order valence-electron chi connectivity index (χ3n) is 4.20. The fourth-order valence-corrected chi connectivity index (χ4v) is 3.41. The molecule has 1 fully saturated rings. The summed E-state index contributed by atoms with van der Waals surface area (Å²) >= 11 is 0. The van der Waals surface area contributed by atoms with Gasteiger partial charge in [-0.1, -0.05) is 32.4 Å². The van der Waals surface area contributed by atoms with E-state index in [-0.39, 0.29) is 5.54 Å². The van der Waals surface area contributed by atoms with Crippen molar-refractivity contribution in [1.82, 2.24) is 5.32 Å². The second-order valence-electron chi connectivity index (χ2n) is 6.63. The Morgan fingerprint density at radius 2 is 1.81 bits per heavy atom. The van der Waals surface area contributed by atoms with Gasteiger partial charge in [-0.05, 0) is 55.8 Å². The Morgan fingerprint density at radius 3 is 2.29 bits per heavy atom. The van der Waals surface area contributed by atoms with Gasteiger partial charge in [-0.15, -0.1) is 0 Å². The highest BCUT2D eigenvalue weighted by Crippen LogP contribution is 2.32. The van der Waals surface area contributed by atoms with E-state index < -0.39 is 11.7 Å². The smallest absolute Gasteiger partial charge is 0.311 e. The van der Waals surface area contributed by atoms with E-state index in [9.17, 15) is 13.2 Å². The molecule has 0 bridgehead atoms. The molecule has 0 aromatic heterocycles. The first-order valence-electron chi connectivity index (χ1n) is 7.72. The largest absolute Gasteiger partial charge is 0.416 e. The van der Waals surface area contributed by atoms with Crippen LogP contribution in [0.4, 0.5) is 13.2 Å². The molecule has 1 nitrogen and oxygen atoms in total. The van der Waals surface area contributed by atoms with Gasteiger partial charge in [-0.3, -0.25) is 0 Å². The van der Waals surface area contributed by atoms with Crippen LogP contribution >= 0.6 is 0 Å². The number of hydrogen-bond acceptors (Lipinski definition) is 1. The van der Waals surface area contributed by atoms with E-state index in [1.54, 1.807) is 12.1 Å². The Labute approximate surface area is 124 Å². The van der Waals surface area contributed by atoms with Crippen molar-refractivity contribution >= 4 is 0 Å². The topological polar surface area (TPSA) is 12.0 Å². The van der Waals surface area contributed by atoms with Gasteiger partial charge in [-0.25, -0.2) is 0 Å². The van der Waals surface area contributed by atoms with E-state index in [1.807, 2.05) is 0 Å². The van der Waals surface area contributed by atoms with E-state index in [4.69, 9.17) is 0 Å². The number of nitrogens with one attached hydrogen (secondary N) is 1. The molecular weight excluding hydrogens is 275 g/mol. The first kappa shape index (κ1) is 16.3. The van der Waals surface area contributed by atoms with Gasteiger partial charge < -0.3 is 5.32 Å². The summed E-state index contributed by atoms with van der Waals surface area (Å²) in [5.74, 6) is 0.574. The summed E-state index contributed by atoms with van der Waals surface area (Å²) in [4.78, 5) is 0. The van der Waals surface area contributed by atoms with Crippen molar-refractivity contribution in [2.75, 3.05) is 6.54 Å². The van der Waals surface area contributed by atoms with E-state index >= 15 is 0 Å². The quantitative estimate of drug-likeness (QED) is 0.841. The predicted octanol–water partition coefficient (Wildman–Crippen LogP) is 4.81. The standard InChI is InChI=1S/C17H24F3N/c1-13(2)11-16(9-3-4-10-21-16)12-14-5-7-15(8-6-14)17(18,19)20/h5-8,13,21H,3-4,9-12H2,1-2H3. The Bertz CT molecular complexity index is 442.